The fraction of sp³-hybridized carbons (Fsp3) is 0.930. The Hall–Kier alpha value is -2.67. The first kappa shape index (κ1) is 62.5. The van der Waals surface area contributed by atoms with Crippen molar-refractivity contribution in [3.8, 4) is 0 Å². The molecule has 30 atom stereocenters. The van der Waals surface area contributed by atoms with Crippen molar-refractivity contribution in [2.75, 3.05) is 39.6 Å². The lowest BCUT2D eigenvalue weighted by atomic mass is 9.92. The van der Waals surface area contributed by atoms with Crippen molar-refractivity contribution < 1.29 is 148 Å². The molecule has 6 aliphatic rings. The third-order valence-corrected chi connectivity index (χ3v) is 13.9. The minimum Gasteiger partial charge on any atom is -0.394 e. The van der Waals surface area contributed by atoms with E-state index in [0.717, 1.165) is 13.8 Å². The van der Waals surface area contributed by atoms with Gasteiger partial charge in [0.05, 0.1) is 51.8 Å². The summed E-state index contributed by atoms with van der Waals surface area (Å²) in [6, 6.07) is -4.47. The standard InChI is InChI=1S/C43H73N3O30/c1-11-21(44-12(2)52)29(60)35(18(8-50)67-11)73-40-23(46-14(4)54)30(61)36(19(9-51)71-40)74-42-34(65)37(27(58)20(72-42)10-66-41-33(64)31(62)25(56)16(6-48)69-41)75-43-38(32(63)26(57)17(7-49)70-43)76-39-22(45-13(3)53)28(59)24(55)15(5-47)68-39/h11,15-43,47-51,55-65H,5-10H2,1-4H3,(H,44,52)(H,45,53)(H,46,54)/t11-,15?,16?,17?,18?,19?,20?,21?,22?,23?,24-,25-,26-,27-,28+,29+,30+,31-,32?,33?,34?,35-,36-,37-,38?,39-,40-,41+,42-,43-/m0/s1. The van der Waals surface area contributed by atoms with Crippen LogP contribution >= 0.6 is 0 Å². The molecule has 0 aromatic rings. The molecule has 0 bridgehead atoms. The Morgan fingerprint density at radius 2 is 0.737 bits per heavy atom. The second kappa shape index (κ2) is 27.2. The maximum atomic E-state index is 12.7. The zero-order chi connectivity index (χ0) is 56.2. The van der Waals surface area contributed by atoms with Gasteiger partial charge in [0.25, 0.3) is 0 Å². The van der Waals surface area contributed by atoms with Gasteiger partial charge in [0.2, 0.25) is 17.7 Å². The van der Waals surface area contributed by atoms with E-state index in [9.17, 15) is 96.1 Å². The minimum absolute atomic E-state index is 0.563. The van der Waals surface area contributed by atoms with E-state index in [4.69, 9.17) is 52.1 Å². The lowest BCUT2D eigenvalue weighted by Gasteiger charge is -2.51. The molecule has 0 aromatic carbocycles. The number of aliphatic hydroxyl groups excluding tert-OH is 16. The Kier molecular flexibility index (Phi) is 22.4. The van der Waals surface area contributed by atoms with Crippen LogP contribution in [-0.2, 0) is 66.5 Å². The van der Waals surface area contributed by atoms with E-state index < -0.39 is 241 Å². The van der Waals surface area contributed by atoms with Crippen LogP contribution in [0, 0.1) is 0 Å². The Bertz CT molecular complexity index is 1870. The molecule has 3 amide bonds. The van der Waals surface area contributed by atoms with Gasteiger partial charge in [-0.3, -0.25) is 14.4 Å². The van der Waals surface area contributed by atoms with Gasteiger partial charge in [-0.05, 0) is 6.92 Å². The van der Waals surface area contributed by atoms with Crippen molar-refractivity contribution in [3.63, 3.8) is 0 Å². The van der Waals surface area contributed by atoms with E-state index in [-0.39, 0.29) is 0 Å². The molecule has 6 heterocycles. The minimum atomic E-state index is -2.32. The Morgan fingerprint density at radius 3 is 1.26 bits per heavy atom. The number of amides is 3. The number of ether oxygens (including phenoxy) is 11. The Balaban J connectivity index is 1.33. The summed E-state index contributed by atoms with van der Waals surface area (Å²) < 4.78 is 64.4. The number of nitrogens with one attached hydrogen (secondary N) is 3. The number of hydrogen-bond acceptors (Lipinski definition) is 30. The van der Waals surface area contributed by atoms with Crippen molar-refractivity contribution in [1.82, 2.24) is 16.0 Å². The predicted octanol–water partition coefficient (Wildman–Crippen LogP) is -12.6. The van der Waals surface area contributed by atoms with E-state index in [1.54, 1.807) is 0 Å². The van der Waals surface area contributed by atoms with Crippen LogP contribution in [0.5, 0.6) is 0 Å². The van der Waals surface area contributed by atoms with Gasteiger partial charge >= 0.3 is 0 Å². The zero-order valence-corrected chi connectivity index (χ0v) is 41.4. The van der Waals surface area contributed by atoms with Gasteiger partial charge in [0.1, 0.15) is 140 Å². The average molecular weight is 1110 g/mol. The van der Waals surface area contributed by atoms with Crippen molar-refractivity contribution in [2.24, 2.45) is 0 Å². The summed E-state index contributed by atoms with van der Waals surface area (Å²) in [6.45, 7) is -0.761. The topological polar surface area (TPSA) is 513 Å². The van der Waals surface area contributed by atoms with Gasteiger partial charge in [-0.25, -0.2) is 0 Å². The molecule has 0 spiro atoms. The highest BCUT2D eigenvalue weighted by atomic mass is 16.8. The number of aliphatic hydroxyl groups is 16. The van der Waals surface area contributed by atoms with E-state index in [0.29, 0.717) is 0 Å². The highest BCUT2D eigenvalue weighted by molar-refractivity contribution is 5.74. The fourth-order valence-electron chi connectivity index (χ4n) is 9.86. The number of carbonyl (C=O) groups is 3. The van der Waals surface area contributed by atoms with Crippen LogP contribution < -0.4 is 16.0 Å². The largest absolute Gasteiger partial charge is 0.394 e. The molecule has 440 valence electrons. The number of hydrogen-bond donors (Lipinski definition) is 19. The maximum Gasteiger partial charge on any atom is 0.217 e. The van der Waals surface area contributed by atoms with Crippen molar-refractivity contribution >= 4 is 17.7 Å². The van der Waals surface area contributed by atoms with Crippen LogP contribution in [0.25, 0.3) is 0 Å². The molecule has 33 heteroatoms. The van der Waals surface area contributed by atoms with Gasteiger partial charge in [-0.15, -0.1) is 0 Å². The summed E-state index contributed by atoms with van der Waals surface area (Å²) >= 11 is 0. The molecule has 19 N–H and O–H groups in total. The molecule has 0 aromatic heterocycles. The molecule has 6 saturated heterocycles. The summed E-state index contributed by atoms with van der Waals surface area (Å²) in [4.78, 5) is 36.9. The van der Waals surface area contributed by atoms with Gasteiger partial charge in [0.15, 0.2) is 31.5 Å². The first-order valence-corrected chi connectivity index (χ1v) is 24.4. The molecule has 13 unspecified atom stereocenters. The first-order valence-electron chi connectivity index (χ1n) is 24.4. The lowest BCUT2D eigenvalue weighted by Crippen LogP contribution is -2.70. The zero-order valence-electron chi connectivity index (χ0n) is 41.4. The summed E-state index contributed by atoms with van der Waals surface area (Å²) in [5, 5.41) is 181. The lowest BCUT2D eigenvalue weighted by molar-refractivity contribution is -0.394. The fourth-order valence-corrected chi connectivity index (χ4v) is 9.86. The average Bonchev–Trinajstić information content (AvgIpc) is 3.37. The van der Waals surface area contributed by atoms with Crippen LogP contribution in [0.3, 0.4) is 0 Å². The smallest absolute Gasteiger partial charge is 0.217 e. The van der Waals surface area contributed by atoms with E-state index in [1.807, 2.05) is 0 Å². The van der Waals surface area contributed by atoms with E-state index in [1.165, 1.54) is 13.8 Å². The molecule has 0 radical (unpaired) electrons. The maximum absolute atomic E-state index is 12.7. The van der Waals surface area contributed by atoms with Crippen molar-refractivity contribution in [2.45, 2.75) is 212 Å². The van der Waals surface area contributed by atoms with E-state index >= 15 is 0 Å². The van der Waals surface area contributed by atoms with Gasteiger partial charge < -0.3 is 150 Å². The highest BCUT2D eigenvalue weighted by Crippen LogP contribution is 2.37. The van der Waals surface area contributed by atoms with Crippen LogP contribution in [0.2, 0.25) is 0 Å². The summed E-state index contributed by atoms with van der Waals surface area (Å²) in [5.74, 6) is -2.16. The van der Waals surface area contributed by atoms with Crippen molar-refractivity contribution in [1.29, 1.82) is 0 Å². The molecule has 6 rings (SSSR count). The van der Waals surface area contributed by atoms with Gasteiger partial charge in [-0.2, -0.15) is 0 Å². The van der Waals surface area contributed by atoms with Crippen LogP contribution in [0.1, 0.15) is 27.7 Å². The summed E-state index contributed by atoms with van der Waals surface area (Å²) in [7, 11) is 0. The number of rotatable bonds is 19. The molecule has 76 heavy (non-hydrogen) atoms. The second-order valence-electron chi connectivity index (χ2n) is 19.3. The SMILES string of the molecule is CC(=O)NC1[C@H](OC2C(O)[C@@H](O)C(CO)O[C@H]2O[C@@H]2C(O)[C@H](O[C@H]3C(CO)O[C@@H](O[C@H]4C(CO)O[C@@H](C)C(NC(C)=O)[C@H]4O)C(NC(C)=O)[C@H]3O)OC(CO[C@@H]3OC(CO)[C@H](O)[C@H](O)C3O)[C@@H]2O)OC(CO)[C@H](O)[C@@H]1O. The summed E-state index contributed by atoms with van der Waals surface area (Å²) in [5.41, 5.74) is 0. The molecule has 6 aliphatic heterocycles. The third kappa shape index (κ3) is 13.7. The highest BCUT2D eigenvalue weighted by Gasteiger charge is 2.58. The molecule has 33 nitrogen and oxygen atoms in total. The molecule has 0 aliphatic carbocycles. The quantitative estimate of drug-likeness (QED) is 0.0571. The van der Waals surface area contributed by atoms with Crippen molar-refractivity contribution in [3.05, 3.63) is 0 Å². The normalized spacial score (nSPS) is 48.2. The van der Waals surface area contributed by atoms with Crippen LogP contribution in [0.15, 0.2) is 0 Å². The predicted molar refractivity (Wildman–Crippen MR) is 237 cm³/mol. The first-order chi connectivity index (χ1) is 35.9. The van der Waals surface area contributed by atoms with Crippen LogP contribution in [-0.4, -0.2) is 323 Å². The monoisotopic (exact) mass is 1110 g/mol. The Morgan fingerprint density at radius 1 is 0.355 bits per heavy atom. The molecular formula is C43H73N3O30. The van der Waals surface area contributed by atoms with E-state index in [2.05, 4.69) is 16.0 Å². The number of carbonyl (C=O) groups excluding carboxylic acids is 3. The second-order valence-corrected chi connectivity index (χ2v) is 19.3. The Labute approximate surface area is 432 Å². The molecular weight excluding hydrogens is 1040 g/mol. The summed E-state index contributed by atoms with van der Waals surface area (Å²) in [6.07, 6.45) is -49.9. The van der Waals surface area contributed by atoms with Gasteiger partial charge in [-0.1, -0.05) is 0 Å². The third-order valence-electron chi connectivity index (χ3n) is 13.9. The van der Waals surface area contributed by atoms with Crippen LogP contribution in [0.4, 0.5) is 0 Å². The molecule has 6 fully saturated rings. The van der Waals surface area contributed by atoms with Gasteiger partial charge in [0, 0.05) is 20.8 Å². The molecule has 0 saturated carbocycles.